The Morgan fingerprint density at radius 1 is 0.696 bits per heavy atom. The molecule has 0 bridgehead atoms. The van der Waals surface area contributed by atoms with E-state index in [1.54, 1.807) is 0 Å². The Balaban J connectivity index is 0. The van der Waals surface area contributed by atoms with Crippen molar-refractivity contribution in [3.8, 4) is 0 Å². The molecule has 0 saturated heterocycles. The average Bonchev–Trinajstić information content (AvgIpc) is 2.45. The van der Waals surface area contributed by atoms with Crippen LogP contribution in [0.4, 0.5) is 0 Å². The first kappa shape index (κ1) is 25.5. The molecule has 0 aromatic rings. The molecule has 0 heterocycles. The quantitative estimate of drug-likeness (QED) is 0.247. The average molecular weight is 338 g/mol. The summed E-state index contributed by atoms with van der Waals surface area (Å²) in [5.41, 5.74) is 0. The summed E-state index contributed by atoms with van der Waals surface area (Å²) < 4.78 is 31.0. The van der Waals surface area contributed by atoms with Crippen molar-refractivity contribution in [2.24, 2.45) is 0 Å². The van der Waals surface area contributed by atoms with Gasteiger partial charge in [-0.1, -0.05) is 96.5 Å². The summed E-state index contributed by atoms with van der Waals surface area (Å²) in [6.45, 7) is 2.26. The summed E-state index contributed by atoms with van der Waals surface area (Å²) in [5.74, 6) is 0. The Hall–Kier alpha value is 0.247. The van der Waals surface area contributed by atoms with E-state index in [1.165, 1.54) is 83.1 Å². The van der Waals surface area contributed by atoms with Gasteiger partial charge in [0, 0.05) is 5.41 Å². The first-order chi connectivity index (χ1) is 10.6. The predicted octanol–water partition coefficient (Wildman–Crippen LogP) is 2.92. The molecule has 132 valence electrons. The molecular formula is C18H35LiO3S. The second-order valence-corrected chi connectivity index (χ2v) is 7.51. The number of rotatable bonds is 16. The van der Waals surface area contributed by atoms with Crippen LogP contribution < -0.4 is 18.9 Å². The molecule has 0 aliphatic carbocycles. The predicted molar refractivity (Wildman–Crippen MR) is 93.8 cm³/mol. The second-order valence-electron chi connectivity index (χ2n) is 6.25. The van der Waals surface area contributed by atoms with Crippen molar-refractivity contribution >= 4 is 10.1 Å². The van der Waals surface area contributed by atoms with Gasteiger partial charge >= 0.3 is 18.9 Å². The molecule has 0 amide bonds. The van der Waals surface area contributed by atoms with Crippen molar-refractivity contribution in [1.29, 1.82) is 0 Å². The maximum absolute atomic E-state index is 10.3. The molecule has 0 spiro atoms. The van der Waals surface area contributed by atoms with Crippen LogP contribution in [0.15, 0.2) is 11.5 Å². The van der Waals surface area contributed by atoms with E-state index in [-0.39, 0.29) is 18.9 Å². The van der Waals surface area contributed by atoms with E-state index in [4.69, 9.17) is 0 Å². The number of unbranched alkanes of at least 4 members (excludes halogenated alkanes) is 14. The molecule has 0 rings (SSSR count). The molecule has 0 aromatic carbocycles. The SMILES string of the molecule is CCCCCCCCCCCCCCCC/C=C/S(=O)(=O)[O-].[Li+]. The molecule has 23 heavy (non-hydrogen) atoms. The summed E-state index contributed by atoms with van der Waals surface area (Å²) in [6, 6.07) is 0. The normalized spacial score (nSPS) is 11.7. The molecule has 0 unspecified atom stereocenters. The third-order valence-electron chi connectivity index (χ3n) is 3.99. The van der Waals surface area contributed by atoms with E-state index in [9.17, 15) is 13.0 Å². The molecule has 3 nitrogen and oxygen atoms in total. The van der Waals surface area contributed by atoms with Crippen molar-refractivity contribution in [2.45, 2.75) is 103 Å². The van der Waals surface area contributed by atoms with Crippen molar-refractivity contribution in [3.63, 3.8) is 0 Å². The van der Waals surface area contributed by atoms with E-state index in [0.29, 0.717) is 6.42 Å². The number of hydrogen-bond acceptors (Lipinski definition) is 3. The Kier molecular flexibility index (Phi) is 20.6. The van der Waals surface area contributed by atoms with Crippen LogP contribution in [0.1, 0.15) is 103 Å². The third-order valence-corrected chi connectivity index (χ3v) is 4.51. The summed E-state index contributed by atoms with van der Waals surface area (Å²) >= 11 is 0. The minimum Gasteiger partial charge on any atom is -0.744 e. The van der Waals surface area contributed by atoms with E-state index in [0.717, 1.165) is 18.2 Å². The molecule has 0 N–H and O–H groups in total. The summed E-state index contributed by atoms with van der Waals surface area (Å²) in [7, 11) is -4.17. The second kappa shape index (κ2) is 18.6. The van der Waals surface area contributed by atoms with Gasteiger partial charge < -0.3 is 4.55 Å². The van der Waals surface area contributed by atoms with Crippen LogP contribution >= 0.6 is 0 Å². The molecule has 0 fully saturated rings. The molecule has 0 atom stereocenters. The van der Waals surface area contributed by atoms with Gasteiger partial charge in [-0.3, -0.25) is 0 Å². The van der Waals surface area contributed by atoms with Gasteiger partial charge in [0.05, 0.1) is 0 Å². The maximum atomic E-state index is 10.3. The summed E-state index contributed by atoms with van der Waals surface area (Å²) in [6.07, 6.45) is 20.5. The van der Waals surface area contributed by atoms with Crippen LogP contribution in [-0.4, -0.2) is 13.0 Å². The fourth-order valence-electron chi connectivity index (χ4n) is 2.64. The molecule has 0 radical (unpaired) electrons. The van der Waals surface area contributed by atoms with Crippen LogP contribution in [-0.2, 0) is 10.1 Å². The maximum Gasteiger partial charge on any atom is 1.00 e. The largest absolute Gasteiger partial charge is 1.00 e. The van der Waals surface area contributed by atoms with Crippen LogP contribution in [0.2, 0.25) is 0 Å². The van der Waals surface area contributed by atoms with Gasteiger partial charge in [-0.25, -0.2) is 8.42 Å². The fraction of sp³-hybridized carbons (Fsp3) is 0.889. The first-order valence-electron chi connectivity index (χ1n) is 9.18. The fourth-order valence-corrected chi connectivity index (χ4v) is 3.01. The van der Waals surface area contributed by atoms with Crippen LogP contribution in [0, 0.1) is 0 Å². The van der Waals surface area contributed by atoms with E-state index in [1.807, 2.05) is 0 Å². The monoisotopic (exact) mass is 338 g/mol. The zero-order chi connectivity index (χ0) is 16.5. The van der Waals surface area contributed by atoms with Gasteiger partial charge in [0.25, 0.3) is 0 Å². The number of hydrogen-bond donors (Lipinski definition) is 0. The van der Waals surface area contributed by atoms with Gasteiger partial charge in [0.1, 0.15) is 10.1 Å². The van der Waals surface area contributed by atoms with Gasteiger partial charge in [0.2, 0.25) is 0 Å². The third kappa shape index (κ3) is 24.6. The van der Waals surface area contributed by atoms with Crippen LogP contribution in [0.25, 0.3) is 0 Å². The van der Waals surface area contributed by atoms with Gasteiger partial charge in [0.15, 0.2) is 0 Å². The van der Waals surface area contributed by atoms with Crippen molar-refractivity contribution in [1.82, 2.24) is 0 Å². The van der Waals surface area contributed by atoms with Crippen LogP contribution in [0.3, 0.4) is 0 Å². The van der Waals surface area contributed by atoms with Crippen molar-refractivity contribution in [2.75, 3.05) is 0 Å². The Morgan fingerprint density at radius 2 is 1.04 bits per heavy atom. The zero-order valence-corrected chi connectivity index (χ0v) is 16.2. The smallest absolute Gasteiger partial charge is 0.744 e. The molecule has 0 saturated carbocycles. The standard InChI is InChI=1S/C18H36O3S.Li/c1-2-3-4-5-6-7-8-9-10-11-12-13-14-15-16-17-18-22(19,20)21;/h17-18H,2-16H2,1H3,(H,19,20,21);/q;+1/p-1/b18-17+;. The zero-order valence-electron chi connectivity index (χ0n) is 15.4. The molecule has 5 heteroatoms. The van der Waals surface area contributed by atoms with E-state index in [2.05, 4.69) is 6.92 Å². The molecule has 0 aromatic heterocycles. The molecule has 0 aliphatic heterocycles. The Labute approximate surface area is 156 Å². The van der Waals surface area contributed by atoms with Gasteiger partial charge in [-0.2, -0.15) is 0 Å². The van der Waals surface area contributed by atoms with Crippen molar-refractivity contribution < 1.29 is 31.8 Å². The minimum atomic E-state index is -4.17. The van der Waals surface area contributed by atoms with Gasteiger partial charge in [-0.15, -0.1) is 0 Å². The van der Waals surface area contributed by atoms with E-state index >= 15 is 0 Å². The summed E-state index contributed by atoms with van der Waals surface area (Å²) in [5, 5.41) is 0.773. The van der Waals surface area contributed by atoms with E-state index < -0.39 is 10.1 Å². The number of allylic oxidation sites excluding steroid dienone is 1. The minimum absolute atomic E-state index is 0. The van der Waals surface area contributed by atoms with Gasteiger partial charge in [-0.05, 0) is 12.8 Å². The van der Waals surface area contributed by atoms with Crippen LogP contribution in [0.5, 0.6) is 0 Å². The van der Waals surface area contributed by atoms with Crippen molar-refractivity contribution in [3.05, 3.63) is 11.5 Å². The topological polar surface area (TPSA) is 57.2 Å². The first-order valence-corrected chi connectivity index (χ1v) is 10.7. The molecular weight excluding hydrogens is 303 g/mol. The molecule has 0 aliphatic rings. The summed E-state index contributed by atoms with van der Waals surface area (Å²) in [4.78, 5) is 0. The Morgan fingerprint density at radius 3 is 1.39 bits per heavy atom. The Bertz CT molecular complexity index is 353.